The fourth-order valence-electron chi connectivity index (χ4n) is 5.52. The molecule has 3 fully saturated rings. The zero-order valence-electron chi connectivity index (χ0n) is 17.5. The topological polar surface area (TPSA) is 37.6 Å². The Morgan fingerprint density at radius 3 is 2.50 bits per heavy atom. The standard InChI is InChI=1S/C26H30N2O2/c1-29-22-11-6-5-10-21(22)18-27-25-20-13-15-28(16-14-20)26(25)24(23-12-7-17-30-23)19-8-3-2-4-9-19/h2-12,17,20,24-27H,13-16,18H2,1H3. The Labute approximate surface area is 178 Å². The number of methoxy groups -OCH3 is 1. The molecule has 30 heavy (non-hydrogen) atoms. The summed E-state index contributed by atoms with van der Waals surface area (Å²) in [7, 11) is 1.75. The Balaban J connectivity index is 1.47. The van der Waals surface area contributed by atoms with Crippen LogP contribution in [-0.2, 0) is 6.54 Å². The molecule has 0 aliphatic carbocycles. The van der Waals surface area contributed by atoms with E-state index in [1.165, 1.54) is 37.1 Å². The van der Waals surface area contributed by atoms with Crippen LogP contribution in [0.4, 0.5) is 0 Å². The van der Waals surface area contributed by atoms with Gasteiger partial charge in [0.15, 0.2) is 0 Å². The van der Waals surface area contributed by atoms with E-state index in [4.69, 9.17) is 9.15 Å². The van der Waals surface area contributed by atoms with Crippen molar-refractivity contribution in [1.29, 1.82) is 0 Å². The molecule has 3 aromatic rings. The molecule has 4 heterocycles. The van der Waals surface area contributed by atoms with E-state index >= 15 is 0 Å². The Hall–Kier alpha value is -2.56. The minimum Gasteiger partial charge on any atom is -0.496 e. The van der Waals surface area contributed by atoms with Crippen molar-refractivity contribution >= 4 is 0 Å². The van der Waals surface area contributed by atoms with E-state index in [1.54, 1.807) is 13.4 Å². The first-order valence-electron chi connectivity index (χ1n) is 11.0. The predicted octanol–water partition coefficient (Wildman–Crippen LogP) is 4.67. The Kier molecular flexibility index (Phi) is 5.60. The highest BCUT2D eigenvalue weighted by Gasteiger charge is 2.47. The van der Waals surface area contributed by atoms with Crippen LogP contribution in [0.5, 0.6) is 5.75 Å². The molecule has 6 rings (SSSR count). The van der Waals surface area contributed by atoms with Gasteiger partial charge in [0.05, 0.1) is 19.3 Å². The SMILES string of the molecule is COc1ccccc1CNC1C2CCN(CC2)C1C(c1ccccc1)c1ccco1. The number of ether oxygens (including phenoxy) is 1. The van der Waals surface area contributed by atoms with Gasteiger partial charge in [-0.2, -0.15) is 0 Å². The lowest BCUT2D eigenvalue weighted by molar-refractivity contribution is 0.00189. The summed E-state index contributed by atoms with van der Waals surface area (Å²) in [6.07, 6.45) is 4.33. The summed E-state index contributed by atoms with van der Waals surface area (Å²) in [5.41, 5.74) is 2.54. The van der Waals surface area contributed by atoms with Gasteiger partial charge in [0.1, 0.15) is 11.5 Å². The number of para-hydroxylation sites is 1. The molecule has 0 spiro atoms. The highest BCUT2D eigenvalue weighted by molar-refractivity contribution is 5.34. The molecule has 0 radical (unpaired) electrons. The first-order valence-corrected chi connectivity index (χ1v) is 11.0. The number of rotatable bonds is 7. The minimum absolute atomic E-state index is 0.222. The van der Waals surface area contributed by atoms with E-state index < -0.39 is 0 Å². The van der Waals surface area contributed by atoms with E-state index in [1.807, 2.05) is 18.2 Å². The number of hydrogen-bond acceptors (Lipinski definition) is 4. The molecule has 3 saturated heterocycles. The molecule has 156 valence electrons. The zero-order valence-corrected chi connectivity index (χ0v) is 17.5. The van der Waals surface area contributed by atoms with Crippen molar-refractivity contribution in [2.45, 2.75) is 37.4 Å². The maximum Gasteiger partial charge on any atom is 0.123 e. The van der Waals surface area contributed by atoms with Gasteiger partial charge in [-0.1, -0.05) is 48.5 Å². The summed E-state index contributed by atoms with van der Waals surface area (Å²) >= 11 is 0. The van der Waals surface area contributed by atoms with E-state index in [2.05, 4.69) is 58.7 Å². The lowest BCUT2D eigenvalue weighted by atomic mass is 9.71. The summed E-state index contributed by atoms with van der Waals surface area (Å²) in [6.45, 7) is 3.16. The third-order valence-corrected chi connectivity index (χ3v) is 6.94. The van der Waals surface area contributed by atoms with Gasteiger partial charge >= 0.3 is 0 Å². The molecule has 1 N–H and O–H groups in total. The van der Waals surface area contributed by atoms with Gasteiger partial charge in [-0.05, 0) is 55.6 Å². The molecular formula is C26H30N2O2. The molecule has 0 amide bonds. The average molecular weight is 403 g/mol. The van der Waals surface area contributed by atoms with Crippen LogP contribution in [0.25, 0.3) is 0 Å². The number of nitrogens with one attached hydrogen (secondary N) is 1. The first kappa shape index (κ1) is 19.4. The summed E-state index contributed by atoms with van der Waals surface area (Å²) in [5.74, 6) is 2.92. The van der Waals surface area contributed by atoms with E-state index in [0.717, 1.165) is 18.1 Å². The Morgan fingerprint density at radius 2 is 1.77 bits per heavy atom. The van der Waals surface area contributed by atoms with Gasteiger partial charge in [-0.25, -0.2) is 0 Å². The van der Waals surface area contributed by atoms with Crippen LogP contribution in [0.2, 0.25) is 0 Å². The summed E-state index contributed by atoms with van der Waals surface area (Å²) in [5, 5.41) is 3.94. The smallest absolute Gasteiger partial charge is 0.123 e. The van der Waals surface area contributed by atoms with Crippen LogP contribution in [-0.4, -0.2) is 37.2 Å². The second-order valence-corrected chi connectivity index (χ2v) is 8.49. The third kappa shape index (κ3) is 3.66. The molecule has 3 aliphatic rings. The molecule has 1 aromatic heterocycles. The van der Waals surface area contributed by atoms with Crippen molar-refractivity contribution in [3.05, 3.63) is 89.9 Å². The number of piperidine rings is 3. The molecule has 4 nitrogen and oxygen atoms in total. The normalized spacial score (nSPS) is 26.4. The number of benzene rings is 2. The number of fused-ring (bicyclic) bond motifs is 3. The van der Waals surface area contributed by atoms with Gasteiger partial charge in [0.2, 0.25) is 0 Å². The van der Waals surface area contributed by atoms with E-state index in [-0.39, 0.29) is 5.92 Å². The van der Waals surface area contributed by atoms with Crippen LogP contribution in [0.1, 0.15) is 35.6 Å². The van der Waals surface area contributed by atoms with Gasteiger partial charge in [0, 0.05) is 24.2 Å². The maximum absolute atomic E-state index is 5.98. The van der Waals surface area contributed by atoms with Crippen LogP contribution in [0.15, 0.2) is 77.4 Å². The molecular weight excluding hydrogens is 372 g/mol. The summed E-state index contributed by atoms with van der Waals surface area (Å²) < 4.78 is 11.6. The van der Waals surface area contributed by atoms with Crippen molar-refractivity contribution in [3.8, 4) is 5.75 Å². The minimum atomic E-state index is 0.222. The van der Waals surface area contributed by atoms with Crippen molar-refractivity contribution in [3.63, 3.8) is 0 Å². The molecule has 0 saturated carbocycles. The number of furan rings is 1. The fourth-order valence-corrected chi connectivity index (χ4v) is 5.52. The highest BCUT2D eigenvalue weighted by Crippen LogP contribution is 2.42. The van der Waals surface area contributed by atoms with Crippen molar-refractivity contribution < 1.29 is 9.15 Å². The van der Waals surface area contributed by atoms with E-state index in [9.17, 15) is 0 Å². The third-order valence-electron chi connectivity index (χ3n) is 6.94. The molecule has 2 aromatic carbocycles. The molecule has 3 unspecified atom stereocenters. The summed E-state index contributed by atoms with van der Waals surface area (Å²) in [6, 6.07) is 24.1. The van der Waals surface area contributed by atoms with Crippen molar-refractivity contribution in [2.24, 2.45) is 5.92 Å². The van der Waals surface area contributed by atoms with Crippen molar-refractivity contribution in [2.75, 3.05) is 20.2 Å². The van der Waals surface area contributed by atoms with Gasteiger partial charge < -0.3 is 14.5 Å². The monoisotopic (exact) mass is 402 g/mol. The maximum atomic E-state index is 5.98. The van der Waals surface area contributed by atoms with Crippen LogP contribution in [0, 0.1) is 5.92 Å². The first-order chi connectivity index (χ1) is 14.8. The Bertz CT molecular complexity index is 933. The van der Waals surface area contributed by atoms with Gasteiger partial charge in [-0.15, -0.1) is 0 Å². The Morgan fingerprint density at radius 1 is 1.00 bits per heavy atom. The lowest BCUT2D eigenvalue weighted by Gasteiger charge is -2.53. The zero-order chi connectivity index (χ0) is 20.3. The van der Waals surface area contributed by atoms with Crippen LogP contribution >= 0.6 is 0 Å². The molecule has 2 bridgehead atoms. The van der Waals surface area contributed by atoms with Crippen LogP contribution < -0.4 is 10.1 Å². The average Bonchev–Trinajstić information content (AvgIpc) is 3.34. The largest absolute Gasteiger partial charge is 0.496 e. The lowest BCUT2D eigenvalue weighted by Crippen LogP contribution is -2.64. The molecule has 3 aliphatic heterocycles. The second kappa shape index (κ2) is 8.66. The summed E-state index contributed by atoms with van der Waals surface area (Å²) in [4.78, 5) is 2.68. The highest BCUT2D eigenvalue weighted by atomic mass is 16.5. The fraction of sp³-hybridized carbons (Fsp3) is 0.385. The number of hydrogen-bond donors (Lipinski definition) is 1. The van der Waals surface area contributed by atoms with Gasteiger partial charge in [0.25, 0.3) is 0 Å². The predicted molar refractivity (Wildman–Crippen MR) is 119 cm³/mol. The van der Waals surface area contributed by atoms with Crippen LogP contribution in [0.3, 0.4) is 0 Å². The second-order valence-electron chi connectivity index (χ2n) is 8.49. The van der Waals surface area contributed by atoms with E-state index in [0.29, 0.717) is 18.0 Å². The molecule has 4 heteroatoms. The number of nitrogens with zero attached hydrogens (tertiary/aromatic N) is 1. The quantitative estimate of drug-likeness (QED) is 0.623. The van der Waals surface area contributed by atoms with Gasteiger partial charge in [-0.3, -0.25) is 4.90 Å². The van der Waals surface area contributed by atoms with Crippen molar-refractivity contribution in [1.82, 2.24) is 10.2 Å². The molecule has 3 atom stereocenters.